The summed E-state index contributed by atoms with van der Waals surface area (Å²) in [5, 5.41) is 12.9. The molecule has 1 N–H and O–H groups in total. The predicted octanol–water partition coefficient (Wildman–Crippen LogP) is 5.12. The number of aromatic nitrogens is 2. The van der Waals surface area contributed by atoms with E-state index in [2.05, 4.69) is 16.4 Å². The van der Waals surface area contributed by atoms with Gasteiger partial charge in [-0.1, -0.05) is 48.2 Å². The minimum Gasteiger partial charge on any atom is -0.322 e. The van der Waals surface area contributed by atoms with Crippen molar-refractivity contribution in [2.75, 3.05) is 11.1 Å². The van der Waals surface area contributed by atoms with Crippen molar-refractivity contribution in [1.29, 1.82) is 5.26 Å². The van der Waals surface area contributed by atoms with Crippen molar-refractivity contribution in [2.24, 2.45) is 0 Å². The van der Waals surface area contributed by atoms with Crippen LogP contribution in [0.15, 0.2) is 76.7 Å². The first kappa shape index (κ1) is 23.3. The molecule has 7 heteroatoms. The molecule has 0 aliphatic heterocycles. The first-order valence-electron chi connectivity index (χ1n) is 10.9. The highest BCUT2D eigenvalue weighted by Gasteiger charge is 2.15. The van der Waals surface area contributed by atoms with Crippen molar-refractivity contribution in [3.05, 3.63) is 99.3 Å². The number of nitrogens with zero attached hydrogens (tertiary/aromatic N) is 3. The van der Waals surface area contributed by atoms with E-state index in [-0.39, 0.29) is 17.2 Å². The first-order chi connectivity index (χ1) is 16.4. The second kappa shape index (κ2) is 10.4. The summed E-state index contributed by atoms with van der Waals surface area (Å²) in [5.74, 6) is -0.0934. The zero-order chi connectivity index (χ0) is 24.1. The largest absolute Gasteiger partial charge is 0.322 e. The Morgan fingerprint density at radius 3 is 2.50 bits per heavy atom. The van der Waals surface area contributed by atoms with Crippen molar-refractivity contribution in [3.8, 4) is 6.07 Å². The van der Waals surface area contributed by atoms with E-state index in [4.69, 9.17) is 5.26 Å². The van der Waals surface area contributed by atoms with Crippen LogP contribution in [0.4, 0.5) is 5.69 Å². The number of rotatable bonds is 7. The van der Waals surface area contributed by atoms with Gasteiger partial charge >= 0.3 is 0 Å². The molecule has 4 rings (SSSR count). The van der Waals surface area contributed by atoms with Gasteiger partial charge in [0.1, 0.15) is 0 Å². The number of aryl methyl sites for hydroxylation is 3. The average Bonchev–Trinajstić information content (AvgIpc) is 2.82. The molecule has 0 saturated heterocycles. The lowest BCUT2D eigenvalue weighted by atomic mass is 10.1. The van der Waals surface area contributed by atoms with E-state index in [1.165, 1.54) is 11.8 Å². The number of thioether (sulfide) groups is 1. The molecule has 34 heavy (non-hydrogen) atoms. The third kappa shape index (κ3) is 5.36. The summed E-state index contributed by atoms with van der Waals surface area (Å²) < 4.78 is 1.62. The maximum Gasteiger partial charge on any atom is 0.262 e. The van der Waals surface area contributed by atoms with Gasteiger partial charge in [0.15, 0.2) is 5.16 Å². The zero-order valence-corrected chi connectivity index (χ0v) is 19.9. The number of hydrogen-bond donors (Lipinski definition) is 1. The molecule has 3 aromatic carbocycles. The molecule has 0 aliphatic carbocycles. The van der Waals surface area contributed by atoms with Crippen LogP contribution in [0.25, 0.3) is 10.9 Å². The van der Waals surface area contributed by atoms with Gasteiger partial charge in [-0.2, -0.15) is 5.26 Å². The molecule has 0 fully saturated rings. The van der Waals surface area contributed by atoms with E-state index in [1.807, 2.05) is 62.4 Å². The van der Waals surface area contributed by atoms with E-state index in [0.29, 0.717) is 34.6 Å². The fraction of sp³-hybridized carbons (Fsp3) is 0.185. The molecule has 0 unspecified atom stereocenters. The molecule has 0 spiro atoms. The highest BCUT2D eigenvalue weighted by atomic mass is 32.2. The Morgan fingerprint density at radius 1 is 1.06 bits per heavy atom. The molecule has 1 amide bonds. The van der Waals surface area contributed by atoms with Crippen molar-refractivity contribution in [1.82, 2.24) is 9.55 Å². The topological polar surface area (TPSA) is 87.8 Å². The Morgan fingerprint density at radius 2 is 1.79 bits per heavy atom. The molecule has 0 saturated carbocycles. The van der Waals surface area contributed by atoms with Gasteiger partial charge in [-0.25, -0.2) is 4.98 Å². The maximum atomic E-state index is 13.3. The Labute approximate surface area is 202 Å². The third-order valence-corrected chi connectivity index (χ3v) is 6.24. The van der Waals surface area contributed by atoms with Crippen LogP contribution in [0, 0.1) is 25.2 Å². The number of nitrogens with one attached hydrogen (secondary N) is 1. The lowest BCUT2D eigenvalue weighted by molar-refractivity contribution is 0.102. The van der Waals surface area contributed by atoms with Crippen LogP contribution in [0.5, 0.6) is 0 Å². The lowest BCUT2D eigenvalue weighted by Crippen LogP contribution is -2.24. The molecular weight excluding hydrogens is 444 g/mol. The first-order valence-corrected chi connectivity index (χ1v) is 11.9. The van der Waals surface area contributed by atoms with Gasteiger partial charge in [0, 0.05) is 17.8 Å². The average molecular weight is 469 g/mol. The van der Waals surface area contributed by atoms with Crippen LogP contribution in [0.1, 0.15) is 27.0 Å². The monoisotopic (exact) mass is 468 g/mol. The summed E-state index contributed by atoms with van der Waals surface area (Å²) in [6.07, 6.45) is 0.671. The number of amides is 1. The lowest BCUT2D eigenvalue weighted by Gasteiger charge is -2.13. The van der Waals surface area contributed by atoms with Crippen molar-refractivity contribution >= 4 is 34.3 Å². The summed E-state index contributed by atoms with van der Waals surface area (Å²) in [6, 6.07) is 22.8. The number of carbonyl (C=O) groups excluding carboxylic acids is 1. The van der Waals surface area contributed by atoms with E-state index in [1.54, 1.807) is 22.8 Å². The van der Waals surface area contributed by atoms with Gasteiger partial charge in [0.2, 0.25) is 0 Å². The molecule has 0 atom stereocenters. The van der Waals surface area contributed by atoms with Crippen LogP contribution < -0.4 is 10.9 Å². The summed E-state index contributed by atoms with van der Waals surface area (Å²) in [6.45, 7) is 4.41. The normalized spacial score (nSPS) is 10.7. The quantitative estimate of drug-likeness (QED) is 0.300. The predicted molar refractivity (Wildman–Crippen MR) is 136 cm³/mol. The van der Waals surface area contributed by atoms with Gasteiger partial charge in [0.05, 0.1) is 22.7 Å². The SMILES string of the molecule is Cc1cc(C)cc(NC(=O)c2ccc3c(=O)n(CCc4ccccc4)c(SCC#N)nc3c2)c1. The van der Waals surface area contributed by atoms with Crippen LogP contribution in [0.3, 0.4) is 0 Å². The molecule has 4 aromatic rings. The molecule has 1 aromatic heterocycles. The van der Waals surface area contributed by atoms with Crippen molar-refractivity contribution < 1.29 is 4.79 Å². The van der Waals surface area contributed by atoms with Crippen LogP contribution in [-0.2, 0) is 13.0 Å². The van der Waals surface area contributed by atoms with Gasteiger partial charge in [-0.3, -0.25) is 14.2 Å². The summed E-state index contributed by atoms with van der Waals surface area (Å²) in [7, 11) is 0. The van der Waals surface area contributed by atoms with Gasteiger partial charge in [-0.05, 0) is 67.3 Å². The van der Waals surface area contributed by atoms with Crippen LogP contribution >= 0.6 is 11.8 Å². The van der Waals surface area contributed by atoms with Gasteiger partial charge < -0.3 is 5.32 Å². The van der Waals surface area contributed by atoms with Gasteiger partial charge in [-0.15, -0.1) is 0 Å². The zero-order valence-electron chi connectivity index (χ0n) is 19.0. The fourth-order valence-corrected chi connectivity index (χ4v) is 4.57. The number of nitriles is 1. The van der Waals surface area contributed by atoms with Crippen LogP contribution in [0.2, 0.25) is 0 Å². The van der Waals surface area contributed by atoms with E-state index in [9.17, 15) is 9.59 Å². The number of hydrogen-bond acceptors (Lipinski definition) is 5. The molecule has 0 bridgehead atoms. The Bertz CT molecular complexity index is 1440. The minimum atomic E-state index is -0.270. The molecule has 1 heterocycles. The Kier molecular flexibility index (Phi) is 7.09. The molecule has 0 radical (unpaired) electrons. The van der Waals surface area contributed by atoms with E-state index >= 15 is 0 Å². The van der Waals surface area contributed by atoms with E-state index < -0.39 is 0 Å². The Balaban J connectivity index is 1.67. The second-order valence-electron chi connectivity index (χ2n) is 8.10. The smallest absolute Gasteiger partial charge is 0.262 e. The molecular formula is C27H24N4O2S. The number of fused-ring (bicyclic) bond motifs is 1. The fourth-order valence-electron chi connectivity index (χ4n) is 3.88. The highest BCUT2D eigenvalue weighted by Crippen LogP contribution is 2.20. The highest BCUT2D eigenvalue weighted by molar-refractivity contribution is 7.99. The molecule has 6 nitrogen and oxygen atoms in total. The van der Waals surface area contributed by atoms with E-state index in [0.717, 1.165) is 22.4 Å². The second-order valence-corrected chi connectivity index (χ2v) is 9.04. The maximum absolute atomic E-state index is 13.3. The number of benzene rings is 3. The van der Waals surface area contributed by atoms with Crippen molar-refractivity contribution in [2.45, 2.75) is 32.0 Å². The standard InChI is InChI=1S/C27H24N4O2S/c1-18-14-19(2)16-22(15-18)29-25(32)21-8-9-23-24(17-21)30-27(34-13-11-28)31(26(23)33)12-10-20-6-4-3-5-7-20/h3-9,14-17H,10,12-13H2,1-2H3,(H,29,32). The van der Waals surface area contributed by atoms with Gasteiger partial charge in [0.25, 0.3) is 11.5 Å². The number of carbonyl (C=O) groups is 1. The third-order valence-electron chi connectivity index (χ3n) is 5.39. The number of anilines is 1. The summed E-state index contributed by atoms with van der Waals surface area (Å²) >= 11 is 1.22. The molecule has 170 valence electrons. The summed E-state index contributed by atoms with van der Waals surface area (Å²) in [5.41, 5.74) is 4.63. The van der Waals surface area contributed by atoms with Crippen LogP contribution in [-0.4, -0.2) is 21.2 Å². The Hall–Kier alpha value is -3.89. The van der Waals surface area contributed by atoms with Crippen molar-refractivity contribution in [3.63, 3.8) is 0 Å². The minimum absolute atomic E-state index is 0.177. The molecule has 0 aliphatic rings. The summed E-state index contributed by atoms with van der Waals surface area (Å²) in [4.78, 5) is 30.8.